The van der Waals surface area contributed by atoms with Crippen LogP contribution in [-0.2, 0) is 0 Å². The Bertz CT molecular complexity index is 378. The number of rotatable bonds is 5. The van der Waals surface area contributed by atoms with Crippen molar-refractivity contribution >= 4 is 11.7 Å². The molecule has 1 amide bonds. The molecular formula is C15H21NO2. The van der Waals surface area contributed by atoms with Crippen LogP contribution >= 0.6 is 0 Å². The zero-order valence-corrected chi connectivity index (χ0v) is 11.5. The summed E-state index contributed by atoms with van der Waals surface area (Å²) in [7, 11) is 0. The third-order valence-electron chi connectivity index (χ3n) is 2.48. The molecule has 0 heterocycles. The number of hydrogen-bond acceptors (Lipinski definition) is 2. The summed E-state index contributed by atoms with van der Waals surface area (Å²) < 4.78 is 0. The summed E-state index contributed by atoms with van der Waals surface area (Å²) >= 11 is 0. The fourth-order valence-electron chi connectivity index (χ4n) is 1.64. The second kappa shape index (κ2) is 6.34. The predicted octanol–water partition coefficient (Wildman–Crippen LogP) is 3.05. The molecule has 0 saturated carbocycles. The van der Waals surface area contributed by atoms with Gasteiger partial charge in [-0.05, 0) is 31.9 Å². The molecular weight excluding hydrogens is 226 g/mol. The van der Waals surface area contributed by atoms with Crippen molar-refractivity contribution < 1.29 is 9.59 Å². The molecule has 0 unspecified atom stereocenters. The van der Waals surface area contributed by atoms with Gasteiger partial charge in [-0.15, -0.1) is 0 Å². The van der Waals surface area contributed by atoms with Gasteiger partial charge in [0, 0.05) is 23.6 Å². The van der Waals surface area contributed by atoms with Gasteiger partial charge in [-0.3, -0.25) is 9.59 Å². The van der Waals surface area contributed by atoms with E-state index in [0.29, 0.717) is 23.5 Å². The highest BCUT2D eigenvalue weighted by molar-refractivity contribution is 5.98. The molecule has 1 aromatic rings. The Balaban J connectivity index is 2.74. The van der Waals surface area contributed by atoms with Crippen molar-refractivity contribution in [2.24, 2.45) is 5.92 Å². The highest BCUT2D eigenvalue weighted by Gasteiger charge is 2.10. The van der Waals surface area contributed by atoms with E-state index in [1.165, 1.54) is 0 Å². The highest BCUT2D eigenvalue weighted by Crippen LogP contribution is 2.11. The normalized spacial score (nSPS) is 10.8. The van der Waals surface area contributed by atoms with E-state index >= 15 is 0 Å². The Morgan fingerprint density at radius 2 is 1.50 bits per heavy atom. The molecule has 0 aromatic heterocycles. The Kier molecular flexibility index (Phi) is 5.08. The van der Waals surface area contributed by atoms with Crippen LogP contribution in [0.2, 0.25) is 0 Å². The molecule has 0 fully saturated rings. The molecule has 0 atom stereocenters. The number of ketones is 1. The zero-order chi connectivity index (χ0) is 13.7. The quantitative estimate of drug-likeness (QED) is 0.813. The molecule has 1 N–H and O–H groups in total. The Morgan fingerprint density at radius 3 is 1.94 bits per heavy atom. The number of Topliss-reactive ketones (excluding diaryl/α,β-unsaturated/α-hetero) is 1. The maximum absolute atomic E-state index is 11.8. The molecule has 0 saturated heterocycles. The first-order chi connectivity index (χ1) is 8.40. The molecule has 0 spiro atoms. The summed E-state index contributed by atoms with van der Waals surface area (Å²) in [6.07, 6.45) is 0.539. The topological polar surface area (TPSA) is 46.2 Å². The first-order valence-corrected chi connectivity index (χ1v) is 6.34. The lowest BCUT2D eigenvalue weighted by atomic mass is 10.0. The molecule has 98 valence electrons. The minimum absolute atomic E-state index is 0.104. The van der Waals surface area contributed by atoms with E-state index in [0.717, 1.165) is 0 Å². The predicted molar refractivity (Wildman–Crippen MR) is 72.8 cm³/mol. The van der Waals surface area contributed by atoms with Gasteiger partial charge in [0.15, 0.2) is 5.78 Å². The maximum Gasteiger partial charge on any atom is 0.251 e. The lowest BCUT2D eigenvalue weighted by Gasteiger charge is -2.09. The first kappa shape index (κ1) is 14.4. The standard InChI is InChI=1S/C15H21NO2/c1-10(2)9-14(17)12-5-7-13(8-6-12)15(18)16-11(3)4/h5-8,10-11H,9H2,1-4H3,(H,16,18). The van der Waals surface area contributed by atoms with Crippen molar-refractivity contribution in [1.82, 2.24) is 5.32 Å². The van der Waals surface area contributed by atoms with Crippen molar-refractivity contribution in [2.45, 2.75) is 40.2 Å². The Hall–Kier alpha value is -1.64. The van der Waals surface area contributed by atoms with Crippen LogP contribution < -0.4 is 5.32 Å². The monoisotopic (exact) mass is 247 g/mol. The van der Waals surface area contributed by atoms with Crippen LogP contribution in [0, 0.1) is 5.92 Å². The van der Waals surface area contributed by atoms with Crippen LogP contribution in [0.25, 0.3) is 0 Å². The Morgan fingerprint density at radius 1 is 1.00 bits per heavy atom. The minimum atomic E-state index is -0.104. The third-order valence-corrected chi connectivity index (χ3v) is 2.48. The molecule has 3 nitrogen and oxygen atoms in total. The van der Waals surface area contributed by atoms with Gasteiger partial charge < -0.3 is 5.32 Å². The van der Waals surface area contributed by atoms with Gasteiger partial charge in [0.2, 0.25) is 0 Å². The lowest BCUT2D eigenvalue weighted by Crippen LogP contribution is -2.30. The molecule has 1 rings (SSSR count). The van der Waals surface area contributed by atoms with Gasteiger partial charge >= 0.3 is 0 Å². The van der Waals surface area contributed by atoms with Crippen LogP contribution in [0.1, 0.15) is 54.8 Å². The van der Waals surface area contributed by atoms with Crippen LogP contribution in [-0.4, -0.2) is 17.7 Å². The van der Waals surface area contributed by atoms with E-state index in [-0.39, 0.29) is 17.7 Å². The fourth-order valence-corrected chi connectivity index (χ4v) is 1.64. The average molecular weight is 247 g/mol. The van der Waals surface area contributed by atoms with E-state index in [2.05, 4.69) is 5.32 Å². The van der Waals surface area contributed by atoms with Gasteiger partial charge in [-0.2, -0.15) is 0 Å². The summed E-state index contributed by atoms with van der Waals surface area (Å²) in [6.45, 7) is 7.86. The molecule has 1 aromatic carbocycles. The lowest BCUT2D eigenvalue weighted by molar-refractivity contribution is 0.0938. The molecule has 18 heavy (non-hydrogen) atoms. The molecule has 0 aliphatic carbocycles. The number of carbonyl (C=O) groups excluding carboxylic acids is 2. The van der Waals surface area contributed by atoms with E-state index in [4.69, 9.17) is 0 Å². The largest absolute Gasteiger partial charge is 0.350 e. The number of hydrogen-bond donors (Lipinski definition) is 1. The fraction of sp³-hybridized carbons (Fsp3) is 0.467. The van der Waals surface area contributed by atoms with E-state index in [1.807, 2.05) is 27.7 Å². The smallest absolute Gasteiger partial charge is 0.251 e. The van der Waals surface area contributed by atoms with Gasteiger partial charge in [0.05, 0.1) is 0 Å². The van der Waals surface area contributed by atoms with Gasteiger partial charge in [0.1, 0.15) is 0 Å². The number of nitrogens with one attached hydrogen (secondary N) is 1. The molecule has 0 bridgehead atoms. The molecule has 0 radical (unpaired) electrons. The third kappa shape index (κ3) is 4.32. The average Bonchev–Trinajstić information content (AvgIpc) is 2.27. The van der Waals surface area contributed by atoms with Crippen molar-refractivity contribution in [3.8, 4) is 0 Å². The van der Waals surface area contributed by atoms with Crippen LogP contribution in [0.3, 0.4) is 0 Å². The molecule has 3 heteroatoms. The van der Waals surface area contributed by atoms with Gasteiger partial charge in [-0.25, -0.2) is 0 Å². The molecule has 0 aliphatic rings. The number of carbonyl (C=O) groups is 2. The van der Waals surface area contributed by atoms with E-state index in [9.17, 15) is 9.59 Å². The highest BCUT2D eigenvalue weighted by atomic mass is 16.1. The SMILES string of the molecule is CC(C)CC(=O)c1ccc(C(=O)NC(C)C)cc1. The van der Waals surface area contributed by atoms with Crippen LogP contribution in [0.5, 0.6) is 0 Å². The first-order valence-electron chi connectivity index (χ1n) is 6.34. The maximum atomic E-state index is 11.8. The van der Waals surface area contributed by atoms with Crippen molar-refractivity contribution in [3.63, 3.8) is 0 Å². The number of amides is 1. The van der Waals surface area contributed by atoms with Crippen molar-refractivity contribution in [1.29, 1.82) is 0 Å². The second-order valence-corrected chi connectivity index (χ2v) is 5.23. The van der Waals surface area contributed by atoms with Gasteiger partial charge in [-0.1, -0.05) is 26.0 Å². The van der Waals surface area contributed by atoms with E-state index in [1.54, 1.807) is 24.3 Å². The summed E-state index contributed by atoms with van der Waals surface area (Å²) in [5, 5.41) is 2.82. The zero-order valence-electron chi connectivity index (χ0n) is 11.5. The van der Waals surface area contributed by atoms with Crippen molar-refractivity contribution in [3.05, 3.63) is 35.4 Å². The van der Waals surface area contributed by atoms with E-state index < -0.39 is 0 Å². The summed E-state index contributed by atoms with van der Waals surface area (Å²) in [4.78, 5) is 23.5. The Labute approximate surface area is 109 Å². The van der Waals surface area contributed by atoms with Gasteiger partial charge in [0.25, 0.3) is 5.91 Å². The van der Waals surface area contributed by atoms with Crippen LogP contribution in [0.4, 0.5) is 0 Å². The minimum Gasteiger partial charge on any atom is -0.350 e. The van der Waals surface area contributed by atoms with Crippen molar-refractivity contribution in [2.75, 3.05) is 0 Å². The van der Waals surface area contributed by atoms with Crippen LogP contribution in [0.15, 0.2) is 24.3 Å². The summed E-state index contributed by atoms with van der Waals surface area (Å²) in [5.74, 6) is 0.370. The second-order valence-electron chi connectivity index (χ2n) is 5.23. The number of benzene rings is 1. The summed E-state index contributed by atoms with van der Waals surface area (Å²) in [6, 6.07) is 6.95. The summed E-state index contributed by atoms with van der Waals surface area (Å²) in [5.41, 5.74) is 1.26. The molecule has 0 aliphatic heterocycles.